The Kier molecular flexibility index (Phi) is 4.44. The van der Waals surface area contributed by atoms with Gasteiger partial charge in [0.15, 0.2) is 0 Å². The normalized spacial score (nSPS) is 15.7. The Labute approximate surface area is 114 Å². The van der Waals surface area contributed by atoms with Crippen molar-refractivity contribution in [1.82, 2.24) is 4.31 Å². The van der Waals surface area contributed by atoms with E-state index in [1.165, 1.54) is 0 Å². The van der Waals surface area contributed by atoms with Gasteiger partial charge in [0.1, 0.15) is 5.75 Å². The maximum Gasteiger partial charge on any atom is 0.243 e. The van der Waals surface area contributed by atoms with Gasteiger partial charge < -0.3 is 10.5 Å². The minimum atomic E-state index is -3.41. The molecule has 0 heterocycles. The monoisotopic (exact) mass is 284 g/mol. The summed E-state index contributed by atoms with van der Waals surface area (Å²) in [7, 11) is -1.86. The number of rotatable bonds is 7. The average Bonchev–Trinajstić information content (AvgIpc) is 3.23. The van der Waals surface area contributed by atoms with E-state index in [1.54, 1.807) is 35.7 Å². The van der Waals surface area contributed by atoms with Gasteiger partial charge in [0.25, 0.3) is 0 Å². The number of sulfonamides is 1. The van der Waals surface area contributed by atoms with Crippen LogP contribution in [0.15, 0.2) is 29.2 Å². The molecule has 0 aliphatic heterocycles. The van der Waals surface area contributed by atoms with Crippen LogP contribution in [0.1, 0.15) is 19.3 Å². The molecular formula is C13H20N2O3S. The molecule has 0 bridgehead atoms. The summed E-state index contributed by atoms with van der Waals surface area (Å²) in [5.41, 5.74) is 5.48. The third-order valence-electron chi connectivity index (χ3n) is 3.20. The second-order valence-electron chi connectivity index (χ2n) is 4.66. The quantitative estimate of drug-likeness (QED) is 0.816. The molecule has 1 fully saturated rings. The van der Waals surface area contributed by atoms with E-state index in [4.69, 9.17) is 10.5 Å². The van der Waals surface area contributed by atoms with E-state index in [1.807, 2.05) is 0 Å². The van der Waals surface area contributed by atoms with Crippen LogP contribution in [0, 0.1) is 0 Å². The molecule has 106 valence electrons. The maximum atomic E-state index is 12.6. The molecular weight excluding hydrogens is 264 g/mol. The minimum Gasteiger partial charge on any atom is -0.497 e. The topological polar surface area (TPSA) is 72.6 Å². The number of nitrogens with zero attached hydrogens (tertiary/aromatic N) is 1. The van der Waals surface area contributed by atoms with Gasteiger partial charge in [-0.1, -0.05) is 0 Å². The van der Waals surface area contributed by atoms with Crippen LogP contribution in [0.2, 0.25) is 0 Å². The highest BCUT2D eigenvalue weighted by molar-refractivity contribution is 7.89. The SMILES string of the molecule is COc1ccc(S(=O)(=O)N(CCCN)C2CC2)cc1. The van der Waals surface area contributed by atoms with Crippen LogP contribution in [0.3, 0.4) is 0 Å². The van der Waals surface area contributed by atoms with Crippen LogP contribution in [-0.2, 0) is 10.0 Å². The summed E-state index contributed by atoms with van der Waals surface area (Å²) < 4.78 is 31.8. The van der Waals surface area contributed by atoms with E-state index in [-0.39, 0.29) is 6.04 Å². The molecule has 1 aliphatic rings. The van der Waals surface area contributed by atoms with Gasteiger partial charge in [-0.2, -0.15) is 4.31 Å². The van der Waals surface area contributed by atoms with Gasteiger partial charge in [-0.05, 0) is 50.1 Å². The smallest absolute Gasteiger partial charge is 0.243 e. The molecule has 6 heteroatoms. The lowest BCUT2D eigenvalue weighted by Gasteiger charge is -2.21. The van der Waals surface area contributed by atoms with Crippen LogP contribution in [0.5, 0.6) is 5.75 Å². The first-order valence-electron chi connectivity index (χ1n) is 6.45. The number of methoxy groups -OCH3 is 1. The Morgan fingerprint density at radius 2 is 1.95 bits per heavy atom. The molecule has 0 radical (unpaired) electrons. The van der Waals surface area contributed by atoms with Gasteiger partial charge in [0.2, 0.25) is 10.0 Å². The lowest BCUT2D eigenvalue weighted by molar-refractivity contribution is 0.398. The van der Waals surface area contributed by atoms with Crippen molar-refractivity contribution in [3.63, 3.8) is 0 Å². The molecule has 1 aromatic carbocycles. The van der Waals surface area contributed by atoms with Gasteiger partial charge in [0.05, 0.1) is 12.0 Å². The first kappa shape index (κ1) is 14.3. The predicted molar refractivity (Wildman–Crippen MR) is 73.6 cm³/mol. The fourth-order valence-corrected chi connectivity index (χ4v) is 3.72. The molecule has 0 unspecified atom stereocenters. The summed E-state index contributed by atoms with van der Waals surface area (Å²) in [4.78, 5) is 0.317. The van der Waals surface area contributed by atoms with Crippen molar-refractivity contribution >= 4 is 10.0 Å². The highest BCUT2D eigenvalue weighted by Gasteiger charge is 2.37. The average molecular weight is 284 g/mol. The van der Waals surface area contributed by atoms with Crippen molar-refractivity contribution in [2.75, 3.05) is 20.2 Å². The fraction of sp³-hybridized carbons (Fsp3) is 0.538. The van der Waals surface area contributed by atoms with Crippen LogP contribution in [0.4, 0.5) is 0 Å². The molecule has 1 aromatic rings. The summed E-state index contributed by atoms with van der Waals surface area (Å²) in [5, 5.41) is 0. The highest BCUT2D eigenvalue weighted by Crippen LogP contribution is 2.32. The van der Waals surface area contributed by atoms with Gasteiger partial charge >= 0.3 is 0 Å². The Hall–Kier alpha value is -1.11. The number of nitrogens with two attached hydrogens (primary N) is 1. The van der Waals surface area contributed by atoms with Crippen molar-refractivity contribution in [2.45, 2.75) is 30.2 Å². The van der Waals surface area contributed by atoms with Crippen molar-refractivity contribution < 1.29 is 13.2 Å². The van der Waals surface area contributed by atoms with Crippen molar-refractivity contribution in [1.29, 1.82) is 0 Å². The molecule has 19 heavy (non-hydrogen) atoms. The molecule has 0 amide bonds. The van der Waals surface area contributed by atoms with Gasteiger partial charge in [0, 0.05) is 12.6 Å². The third-order valence-corrected chi connectivity index (χ3v) is 5.17. The minimum absolute atomic E-state index is 0.152. The van der Waals surface area contributed by atoms with Crippen molar-refractivity contribution in [2.24, 2.45) is 5.73 Å². The number of ether oxygens (including phenoxy) is 1. The fourth-order valence-electron chi connectivity index (χ4n) is 1.99. The highest BCUT2D eigenvalue weighted by atomic mass is 32.2. The third kappa shape index (κ3) is 3.26. The Bertz CT molecular complexity index is 509. The summed E-state index contributed by atoms with van der Waals surface area (Å²) in [5.74, 6) is 0.652. The number of hydrogen-bond donors (Lipinski definition) is 1. The lowest BCUT2D eigenvalue weighted by atomic mass is 10.3. The van der Waals surface area contributed by atoms with Crippen LogP contribution >= 0.6 is 0 Å². The Balaban J connectivity index is 2.22. The summed E-state index contributed by atoms with van der Waals surface area (Å²) in [6.45, 7) is 0.997. The van der Waals surface area contributed by atoms with Crippen LogP contribution < -0.4 is 10.5 Å². The molecule has 5 nitrogen and oxygen atoms in total. The first-order chi connectivity index (χ1) is 9.09. The van der Waals surface area contributed by atoms with E-state index < -0.39 is 10.0 Å². The zero-order valence-electron chi connectivity index (χ0n) is 11.1. The first-order valence-corrected chi connectivity index (χ1v) is 7.89. The molecule has 0 saturated heterocycles. The van der Waals surface area contributed by atoms with Gasteiger partial charge in [-0.3, -0.25) is 0 Å². The zero-order valence-corrected chi connectivity index (χ0v) is 11.9. The van der Waals surface area contributed by atoms with Crippen molar-refractivity contribution in [3.05, 3.63) is 24.3 Å². The second-order valence-corrected chi connectivity index (χ2v) is 6.56. The van der Waals surface area contributed by atoms with Crippen LogP contribution in [0.25, 0.3) is 0 Å². The predicted octanol–water partition coefficient (Wildman–Crippen LogP) is 1.20. The molecule has 0 atom stereocenters. The standard InChI is InChI=1S/C13H20N2O3S/c1-18-12-5-7-13(8-6-12)19(16,17)15(10-2-9-14)11-3-4-11/h5-8,11H,2-4,9-10,14H2,1H3. The second kappa shape index (κ2) is 5.90. The summed E-state index contributed by atoms with van der Waals surface area (Å²) in [6.07, 6.45) is 2.58. The van der Waals surface area contributed by atoms with Gasteiger partial charge in [-0.25, -0.2) is 8.42 Å². The van der Waals surface area contributed by atoms with Gasteiger partial charge in [-0.15, -0.1) is 0 Å². The Morgan fingerprint density at radius 3 is 2.42 bits per heavy atom. The number of hydrogen-bond acceptors (Lipinski definition) is 4. The van der Waals surface area contributed by atoms with Crippen molar-refractivity contribution in [3.8, 4) is 5.75 Å². The van der Waals surface area contributed by atoms with E-state index in [2.05, 4.69) is 0 Å². The Morgan fingerprint density at radius 1 is 1.32 bits per heavy atom. The van der Waals surface area contributed by atoms with E-state index in [9.17, 15) is 8.42 Å². The summed E-state index contributed by atoms with van der Waals surface area (Å²) >= 11 is 0. The van der Waals surface area contributed by atoms with E-state index in [0.29, 0.717) is 30.2 Å². The largest absolute Gasteiger partial charge is 0.497 e. The molecule has 0 aromatic heterocycles. The molecule has 1 saturated carbocycles. The number of benzene rings is 1. The van der Waals surface area contributed by atoms with Crippen LogP contribution in [-0.4, -0.2) is 39.0 Å². The molecule has 2 rings (SSSR count). The molecule has 0 spiro atoms. The molecule has 2 N–H and O–H groups in total. The van der Waals surface area contributed by atoms with E-state index >= 15 is 0 Å². The van der Waals surface area contributed by atoms with E-state index in [0.717, 1.165) is 12.8 Å². The summed E-state index contributed by atoms with van der Waals surface area (Å²) in [6, 6.07) is 6.67. The lowest BCUT2D eigenvalue weighted by Crippen LogP contribution is -2.34. The maximum absolute atomic E-state index is 12.6. The molecule has 1 aliphatic carbocycles. The zero-order chi connectivity index (χ0) is 13.9.